The maximum absolute atomic E-state index is 4.43. The van der Waals surface area contributed by atoms with Gasteiger partial charge in [-0.15, -0.1) is 0 Å². The third kappa shape index (κ3) is 3.94. The fraction of sp³-hybridized carbons (Fsp3) is 0.471. The number of hydrogen-bond acceptors (Lipinski definition) is 2. The Bertz CT molecular complexity index is 513. The van der Waals surface area contributed by atoms with Gasteiger partial charge < -0.3 is 9.88 Å². The van der Waals surface area contributed by atoms with E-state index in [4.69, 9.17) is 0 Å². The van der Waals surface area contributed by atoms with E-state index in [1.807, 2.05) is 12.4 Å². The molecule has 1 aromatic carbocycles. The van der Waals surface area contributed by atoms with Crippen molar-refractivity contribution in [2.75, 3.05) is 6.54 Å². The molecule has 20 heavy (non-hydrogen) atoms. The second-order valence-electron chi connectivity index (χ2n) is 5.29. The van der Waals surface area contributed by atoms with E-state index in [9.17, 15) is 0 Å². The number of aromatic nitrogens is 2. The highest BCUT2D eigenvalue weighted by Crippen LogP contribution is 2.11. The van der Waals surface area contributed by atoms with Gasteiger partial charge in [-0.3, -0.25) is 0 Å². The monoisotopic (exact) mass is 271 g/mol. The number of aryl methyl sites for hydroxylation is 1. The van der Waals surface area contributed by atoms with Gasteiger partial charge in [-0.1, -0.05) is 31.2 Å². The van der Waals surface area contributed by atoms with Crippen LogP contribution in [0.2, 0.25) is 0 Å². The molecule has 1 heterocycles. The van der Waals surface area contributed by atoms with Gasteiger partial charge in [0, 0.05) is 31.4 Å². The maximum Gasteiger partial charge on any atom is 0.113 e. The van der Waals surface area contributed by atoms with Crippen molar-refractivity contribution in [2.24, 2.45) is 0 Å². The van der Waals surface area contributed by atoms with Crippen LogP contribution < -0.4 is 5.32 Å². The number of nitrogens with zero attached hydrogens (tertiary/aromatic N) is 2. The molecule has 3 heteroatoms. The normalized spacial score (nSPS) is 12.6. The zero-order valence-corrected chi connectivity index (χ0v) is 12.8. The minimum absolute atomic E-state index is 0.532. The zero-order valence-electron chi connectivity index (χ0n) is 12.8. The highest BCUT2D eigenvalue weighted by molar-refractivity contribution is 5.25. The minimum Gasteiger partial charge on any atom is -0.335 e. The lowest BCUT2D eigenvalue weighted by atomic mass is 10.0. The van der Waals surface area contributed by atoms with Crippen LogP contribution in [0.15, 0.2) is 36.7 Å². The Morgan fingerprint density at radius 2 is 1.85 bits per heavy atom. The lowest BCUT2D eigenvalue weighted by molar-refractivity contribution is 0.565. The average molecular weight is 271 g/mol. The minimum atomic E-state index is 0.532. The molecule has 2 aromatic rings. The van der Waals surface area contributed by atoms with Gasteiger partial charge in [0.05, 0.1) is 0 Å². The molecule has 0 radical (unpaired) electrons. The molecule has 2 rings (SSSR count). The Kier molecular flexibility index (Phi) is 5.36. The third-order valence-corrected chi connectivity index (χ3v) is 3.62. The van der Waals surface area contributed by atoms with Crippen LogP contribution in [0, 0.1) is 0 Å². The molecule has 1 atom stereocenters. The van der Waals surface area contributed by atoms with Crippen molar-refractivity contribution >= 4 is 0 Å². The van der Waals surface area contributed by atoms with Crippen LogP contribution in [0.1, 0.15) is 37.7 Å². The van der Waals surface area contributed by atoms with Gasteiger partial charge in [-0.05, 0) is 37.9 Å². The maximum atomic E-state index is 4.43. The smallest absolute Gasteiger partial charge is 0.113 e. The second kappa shape index (κ2) is 7.25. The molecule has 1 aromatic heterocycles. The number of nitrogens with one attached hydrogen (secondary N) is 1. The summed E-state index contributed by atoms with van der Waals surface area (Å²) in [5.74, 6) is 1.14. The van der Waals surface area contributed by atoms with Crippen LogP contribution in [0.25, 0.3) is 0 Å². The largest absolute Gasteiger partial charge is 0.335 e. The molecule has 1 unspecified atom stereocenters. The Morgan fingerprint density at radius 3 is 2.50 bits per heavy atom. The van der Waals surface area contributed by atoms with Gasteiger partial charge in [0.25, 0.3) is 0 Å². The highest BCUT2D eigenvalue weighted by atomic mass is 15.0. The van der Waals surface area contributed by atoms with Crippen LogP contribution in [0.3, 0.4) is 0 Å². The van der Waals surface area contributed by atoms with Gasteiger partial charge >= 0.3 is 0 Å². The first kappa shape index (κ1) is 14.8. The standard InChI is InChI=1S/C17H25N3/c1-4-18-14(3)12-15-6-8-16(9-7-15)13-17-19-10-11-20(17)5-2/h6-11,14,18H,4-5,12-13H2,1-3H3. The molecule has 1 N–H and O–H groups in total. The molecular formula is C17H25N3. The van der Waals surface area contributed by atoms with Gasteiger partial charge in [-0.2, -0.15) is 0 Å². The molecule has 0 saturated heterocycles. The van der Waals surface area contributed by atoms with Crippen molar-refractivity contribution in [3.8, 4) is 0 Å². The fourth-order valence-corrected chi connectivity index (χ4v) is 2.55. The zero-order chi connectivity index (χ0) is 14.4. The molecule has 0 aliphatic carbocycles. The predicted octanol–water partition coefficient (Wildman–Crippen LogP) is 3.03. The predicted molar refractivity (Wildman–Crippen MR) is 84.0 cm³/mol. The molecule has 0 bridgehead atoms. The van der Waals surface area contributed by atoms with E-state index >= 15 is 0 Å². The first-order valence-corrected chi connectivity index (χ1v) is 7.54. The molecule has 0 saturated carbocycles. The Hall–Kier alpha value is -1.61. The van der Waals surface area contributed by atoms with Crippen LogP contribution >= 0.6 is 0 Å². The summed E-state index contributed by atoms with van der Waals surface area (Å²) < 4.78 is 2.20. The van der Waals surface area contributed by atoms with E-state index in [2.05, 4.69) is 59.9 Å². The van der Waals surface area contributed by atoms with Crippen molar-refractivity contribution in [3.05, 3.63) is 53.6 Å². The highest BCUT2D eigenvalue weighted by Gasteiger charge is 2.05. The van der Waals surface area contributed by atoms with Crippen LogP contribution in [-0.2, 0) is 19.4 Å². The fourth-order valence-electron chi connectivity index (χ4n) is 2.55. The van der Waals surface area contributed by atoms with Crippen molar-refractivity contribution < 1.29 is 0 Å². The van der Waals surface area contributed by atoms with E-state index in [-0.39, 0.29) is 0 Å². The molecule has 0 aliphatic heterocycles. The number of hydrogen-bond donors (Lipinski definition) is 1. The van der Waals surface area contributed by atoms with Crippen molar-refractivity contribution in [2.45, 2.75) is 46.2 Å². The number of benzene rings is 1. The van der Waals surface area contributed by atoms with Gasteiger partial charge in [0.15, 0.2) is 0 Å². The van der Waals surface area contributed by atoms with Gasteiger partial charge in [0.1, 0.15) is 5.82 Å². The van der Waals surface area contributed by atoms with E-state index in [1.54, 1.807) is 0 Å². The SMILES string of the molecule is CCNC(C)Cc1ccc(Cc2nccn2CC)cc1. The summed E-state index contributed by atoms with van der Waals surface area (Å²) in [5.41, 5.74) is 2.71. The van der Waals surface area contributed by atoms with Gasteiger partial charge in [0.2, 0.25) is 0 Å². The average Bonchev–Trinajstić information content (AvgIpc) is 2.88. The summed E-state index contributed by atoms with van der Waals surface area (Å²) in [6, 6.07) is 9.46. The summed E-state index contributed by atoms with van der Waals surface area (Å²) in [5, 5.41) is 3.45. The van der Waals surface area contributed by atoms with Crippen molar-refractivity contribution in [3.63, 3.8) is 0 Å². The lowest BCUT2D eigenvalue weighted by Gasteiger charge is -2.12. The first-order chi connectivity index (χ1) is 9.72. The van der Waals surface area contributed by atoms with Crippen molar-refractivity contribution in [1.82, 2.24) is 14.9 Å². The molecule has 3 nitrogen and oxygen atoms in total. The van der Waals surface area contributed by atoms with E-state index < -0.39 is 0 Å². The Morgan fingerprint density at radius 1 is 1.15 bits per heavy atom. The quantitative estimate of drug-likeness (QED) is 0.839. The van der Waals surface area contributed by atoms with Crippen molar-refractivity contribution in [1.29, 1.82) is 0 Å². The van der Waals surface area contributed by atoms with E-state index in [1.165, 1.54) is 11.1 Å². The molecular weight excluding hydrogens is 246 g/mol. The summed E-state index contributed by atoms with van der Waals surface area (Å²) in [7, 11) is 0. The first-order valence-electron chi connectivity index (χ1n) is 7.54. The summed E-state index contributed by atoms with van der Waals surface area (Å²) in [6.45, 7) is 8.54. The Balaban J connectivity index is 1.98. The van der Waals surface area contributed by atoms with Gasteiger partial charge in [-0.25, -0.2) is 4.98 Å². The lowest BCUT2D eigenvalue weighted by Crippen LogP contribution is -2.27. The number of imidazole rings is 1. The van der Waals surface area contributed by atoms with E-state index in [0.717, 1.165) is 31.8 Å². The Labute approximate surface area is 122 Å². The van der Waals surface area contributed by atoms with Crippen LogP contribution in [0.5, 0.6) is 0 Å². The summed E-state index contributed by atoms with van der Waals surface area (Å²) in [6.07, 6.45) is 5.91. The van der Waals surface area contributed by atoms with Crippen LogP contribution in [0.4, 0.5) is 0 Å². The molecule has 0 spiro atoms. The second-order valence-corrected chi connectivity index (χ2v) is 5.29. The molecule has 0 amide bonds. The molecule has 0 fully saturated rings. The topological polar surface area (TPSA) is 29.9 Å². The molecule has 0 aliphatic rings. The van der Waals surface area contributed by atoms with E-state index in [0.29, 0.717) is 6.04 Å². The number of likely N-dealkylation sites (N-methyl/N-ethyl adjacent to an activating group) is 1. The summed E-state index contributed by atoms with van der Waals surface area (Å²) in [4.78, 5) is 4.43. The number of rotatable bonds is 7. The van der Waals surface area contributed by atoms with Crippen LogP contribution in [-0.4, -0.2) is 22.1 Å². The summed E-state index contributed by atoms with van der Waals surface area (Å²) >= 11 is 0. The molecule has 108 valence electrons. The third-order valence-electron chi connectivity index (χ3n) is 3.62.